The van der Waals surface area contributed by atoms with Crippen molar-refractivity contribution in [2.75, 3.05) is 11.1 Å². The van der Waals surface area contributed by atoms with Gasteiger partial charge in [-0.1, -0.05) is 18.2 Å². The van der Waals surface area contributed by atoms with Gasteiger partial charge in [0.05, 0.1) is 16.8 Å². The second-order valence-electron chi connectivity index (χ2n) is 5.99. The lowest BCUT2D eigenvalue weighted by atomic mass is 10.0. The van der Waals surface area contributed by atoms with Gasteiger partial charge < -0.3 is 16.8 Å². The van der Waals surface area contributed by atoms with Crippen LogP contribution in [0.15, 0.2) is 59.9 Å². The van der Waals surface area contributed by atoms with Crippen LogP contribution in [0.5, 0.6) is 0 Å². The summed E-state index contributed by atoms with van der Waals surface area (Å²) in [6.07, 6.45) is 3.77. The van der Waals surface area contributed by atoms with Gasteiger partial charge in [-0.25, -0.2) is 9.98 Å². The number of benzene rings is 1. The fourth-order valence-electron chi connectivity index (χ4n) is 3.01. The van der Waals surface area contributed by atoms with E-state index in [0.29, 0.717) is 24.0 Å². The molecule has 1 aliphatic heterocycles. The van der Waals surface area contributed by atoms with Crippen molar-refractivity contribution in [1.82, 2.24) is 4.98 Å². The van der Waals surface area contributed by atoms with Crippen LogP contribution >= 0.6 is 0 Å². The number of aromatic nitrogens is 2. The maximum absolute atomic E-state index is 6.42. The van der Waals surface area contributed by atoms with Crippen LogP contribution in [0.2, 0.25) is 0 Å². The average Bonchev–Trinajstić information content (AvgIpc) is 2.77. The molecule has 0 saturated carbocycles. The Labute approximate surface area is 145 Å². The summed E-state index contributed by atoms with van der Waals surface area (Å²) in [6, 6.07) is 13.9. The largest absolute Gasteiger partial charge is 0.395 e. The van der Waals surface area contributed by atoms with Gasteiger partial charge in [-0.2, -0.15) is 4.57 Å². The molecule has 1 aromatic carbocycles. The number of hydrogen-bond donors (Lipinski definition) is 3. The molecule has 0 spiro atoms. The van der Waals surface area contributed by atoms with Gasteiger partial charge in [0.25, 0.3) is 0 Å². The Morgan fingerprint density at radius 1 is 1.08 bits per heavy atom. The first-order chi connectivity index (χ1) is 12.1. The third-order valence-corrected chi connectivity index (χ3v) is 4.38. The van der Waals surface area contributed by atoms with E-state index in [0.717, 1.165) is 28.1 Å². The predicted molar refractivity (Wildman–Crippen MR) is 99.5 cm³/mol. The van der Waals surface area contributed by atoms with Crippen molar-refractivity contribution in [1.29, 1.82) is 0 Å². The van der Waals surface area contributed by atoms with Crippen LogP contribution < -0.4 is 21.4 Å². The van der Waals surface area contributed by atoms with E-state index in [9.17, 15) is 0 Å². The summed E-state index contributed by atoms with van der Waals surface area (Å²) in [4.78, 5) is 9.00. The van der Waals surface area contributed by atoms with Crippen LogP contribution in [0, 0.1) is 6.92 Å². The Morgan fingerprint density at radius 3 is 2.72 bits per heavy atom. The molecule has 0 amide bonds. The minimum Gasteiger partial charge on any atom is -0.395 e. The van der Waals surface area contributed by atoms with Gasteiger partial charge in [-0.3, -0.25) is 0 Å². The molecule has 4 rings (SSSR count). The Kier molecular flexibility index (Phi) is 3.57. The van der Waals surface area contributed by atoms with E-state index in [1.165, 1.54) is 0 Å². The second-order valence-corrected chi connectivity index (χ2v) is 5.99. The number of nitrogens with one attached hydrogen (secondary N) is 1. The summed E-state index contributed by atoms with van der Waals surface area (Å²) in [7, 11) is 0. The van der Waals surface area contributed by atoms with E-state index in [1.54, 1.807) is 6.20 Å². The number of nitrogens with two attached hydrogens (primary N) is 2. The normalized spacial score (nSPS) is 12.6. The SMILES string of the molecule is Cc1ccccc1Nc1ncc2c(c1N)C(N)=NC[n+]1ccccc1-2. The first-order valence-electron chi connectivity index (χ1n) is 8.05. The summed E-state index contributed by atoms with van der Waals surface area (Å²) >= 11 is 0. The van der Waals surface area contributed by atoms with Crippen molar-refractivity contribution in [2.24, 2.45) is 10.7 Å². The highest BCUT2D eigenvalue weighted by atomic mass is 15.1. The number of anilines is 3. The number of pyridine rings is 2. The summed E-state index contributed by atoms with van der Waals surface area (Å²) in [5, 5.41) is 3.30. The van der Waals surface area contributed by atoms with Crippen LogP contribution in [0.25, 0.3) is 11.3 Å². The Hall–Kier alpha value is -3.41. The monoisotopic (exact) mass is 331 g/mol. The van der Waals surface area contributed by atoms with E-state index >= 15 is 0 Å². The van der Waals surface area contributed by atoms with E-state index < -0.39 is 0 Å². The van der Waals surface area contributed by atoms with Crippen molar-refractivity contribution >= 4 is 23.0 Å². The van der Waals surface area contributed by atoms with E-state index in [1.807, 2.05) is 60.2 Å². The van der Waals surface area contributed by atoms with E-state index in [2.05, 4.69) is 15.3 Å². The molecule has 0 aliphatic carbocycles. The molecule has 5 N–H and O–H groups in total. The fraction of sp³-hybridized carbons (Fsp3) is 0.105. The smallest absolute Gasteiger partial charge is 0.243 e. The Balaban J connectivity index is 1.86. The van der Waals surface area contributed by atoms with Gasteiger partial charge >= 0.3 is 0 Å². The molecular weight excluding hydrogens is 312 g/mol. The number of fused-ring (bicyclic) bond motifs is 3. The number of aliphatic imine (C=N–C) groups is 1. The molecule has 0 radical (unpaired) electrons. The summed E-state index contributed by atoms with van der Waals surface area (Å²) in [5.74, 6) is 1.00. The molecule has 0 atom stereocenters. The van der Waals surface area contributed by atoms with Gasteiger partial charge in [0.2, 0.25) is 12.4 Å². The van der Waals surface area contributed by atoms with E-state index in [-0.39, 0.29) is 0 Å². The summed E-state index contributed by atoms with van der Waals surface area (Å²) in [6.45, 7) is 2.49. The number of nitrogen functional groups attached to an aromatic ring is 1. The molecule has 0 fully saturated rings. The molecule has 124 valence electrons. The zero-order chi connectivity index (χ0) is 17.4. The van der Waals surface area contributed by atoms with Crippen molar-refractivity contribution in [2.45, 2.75) is 13.6 Å². The van der Waals surface area contributed by atoms with Crippen molar-refractivity contribution < 1.29 is 4.57 Å². The van der Waals surface area contributed by atoms with Crippen molar-refractivity contribution in [3.63, 3.8) is 0 Å². The molecule has 6 heteroatoms. The summed E-state index contributed by atoms with van der Waals surface area (Å²) in [5.41, 5.74) is 17.8. The van der Waals surface area contributed by atoms with Crippen molar-refractivity contribution in [3.8, 4) is 11.3 Å². The molecular formula is C19H19N6+. The third-order valence-electron chi connectivity index (χ3n) is 4.38. The van der Waals surface area contributed by atoms with Crippen LogP contribution in [-0.2, 0) is 6.67 Å². The number of rotatable bonds is 2. The molecule has 0 unspecified atom stereocenters. The minimum atomic E-state index is 0.423. The zero-order valence-corrected chi connectivity index (χ0v) is 13.9. The maximum Gasteiger partial charge on any atom is 0.243 e. The number of aryl methyl sites for hydroxylation is 1. The second kappa shape index (κ2) is 5.90. The van der Waals surface area contributed by atoms with Crippen LogP contribution in [0.3, 0.4) is 0 Å². The quantitative estimate of drug-likeness (QED) is 0.628. The molecule has 0 bridgehead atoms. The van der Waals surface area contributed by atoms with Gasteiger partial charge in [-0.05, 0) is 24.6 Å². The predicted octanol–water partition coefficient (Wildman–Crippen LogP) is 2.35. The molecule has 3 heterocycles. The number of nitrogens with zero attached hydrogens (tertiary/aromatic N) is 3. The Bertz CT molecular complexity index is 993. The zero-order valence-electron chi connectivity index (χ0n) is 13.9. The molecule has 6 nitrogen and oxygen atoms in total. The number of amidine groups is 1. The molecule has 2 aromatic heterocycles. The topological polar surface area (TPSA) is 93.2 Å². The lowest BCUT2D eigenvalue weighted by molar-refractivity contribution is -0.684. The van der Waals surface area contributed by atoms with Gasteiger partial charge in [0.15, 0.2) is 12.0 Å². The van der Waals surface area contributed by atoms with Crippen LogP contribution in [0.1, 0.15) is 11.1 Å². The minimum absolute atomic E-state index is 0.423. The standard InChI is InChI=1S/C19H18N6/c1-12-6-2-3-7-14(12)24-19-17(20)16-13(10-22-19)15-8-4-5-9-25(15)11-23-18(16)21/h2-10H,11H2,1H3,(H4,20,21,23)/p+1. The fourth-order valence-corrected chi connectivity index (χ4v) is 3.01. The number of para-hydroxylation sites is 1. The highest BCUT2D eigenvalue weighted by molar-refractivity contribution is 6.09. The third kappa shape index (κ3) is 2.57. The highest BCUT2D eigenvalue weighted by Crippen LogP contribution is 2.32. The lowest BCUT2D eigenvalue weighted by Gasteiger charge is -2.14. The lowest BCUT2D eigenvalue weighted by Crippen LogP contribution is -2.34. The van der Waals surface area contributed by atoms with Gasteiger partial charge in [0, 0.05) is 24.0 Å². The first kappa shape index (κ1) is 15.1. The average molecular weight is 331 g/mol. The number of hydrogen-bond acceptors (Lipinski definition) is 5. The molecule has 3 aromatic rings. The maximum atomic E-state index is 6.42. The van der Waals surface area contributed by atoms with Crippen LogP contribution in [-0.4, -0.2) is 10.8 Å². The molecule has 1 aliphatic rings. The van der Waals surface area contributed by atoms with Gasteiger partial charge in [0.1, 0.15) is 5.84 Å². The van der Waals surface area contributed by atoms with Crippen LogP contribution in [0.4, 0.5) is 17.2 Å². The van der Waals surface area contributed by atoms with E-state index in [4.69, 9.17) is 11.5 Å². The highest BCUT2D eigenvalue weighted by Gasteiger charge is 2.25. The van der Waals surface area contributed by atoms with Gasteiger partial charge in [-0.15, -0.1) is 0 Å². The van der Waals surface area contributed by atoms with Crippen molar-refractivity contribution in [3.05, 3.63) is 66.0 Å². The first-order valence-corrected chi connectivity index (χ1v) is 8.05. The molecule has 25 heavy (non-hydrogen) atoms. The molecule has 0 saturated heterocycles. The Morgan fingerprint density at radius 2 is 1.88 bits per heavy atom. The summed E-state index contributed by atoms with van der Waals surface area (Å²) < 4.78 is 2.02.